The molecule has 1 aromatic carbocycles. The first-order valence-electron chi connectivity index (χ1n) is 13.0. The maximum atomic E-state index is 15.7. The summed E-state index contributed by atoms with van der Waals surface area (Å²) in [6.07, 6.45) is 1.35. The fourth-order valence-electron chi connectivity index (χ4n) is 5.24. The van der Waals surface area contributed by atoms with Crippen LogP contribution in [0.4, 0.5) is 10.3 Å². The van der Waals surface area contributed by atoms with Crippen molar-refractivity contribution in [3.8, 4) is 11.3 Å². The van der Waals surface area contributed by atoms with Crippen LogP contribution in [0.15, 0.2) is 23.1 Å². The van der Waals surface area contributed by atoms with Gasteiger partial charge >= 0.3 is 0 Å². The highest BCUT2D eigenvalue weighted by atomic mass is 35.5. The number of morpholine rings is 1. The number of fused-ring (bicyclic) bond motifs is 1. The van der Waals surface area contributed by atoms with E-state index in [-0.39, 0.29) is 40.5 Å². The van der Waals surface area contributed by atoms with Crippen molar-refractivity contribution >= 4 is 28.5 Å². The third-order valence-corrected chi connectivity index (χ3v) is 7.55. The number of nitrogens with zero attached hydrogens (tertiary/aromatic N) is 4. The number of ether oxygens (including phenoxy) is 2. The van der Waals surface area contributed by atoms with Crippen molar-refractivity contribution in [1.29, 1.82) is 0 Å². The van der Waals surface area contributed by atoms with Gasteiger partial charge in [0.15, 0.2) is 5.43 Å². The summed E-state index contributed by atoms with van der Waals surface area (Å²) in [5.74, 6) is -0.351. The largest absolute Gasteiger partial charge is 0.389 e. The molecule has 2 fully saturated rings. The Morgan fingerprint density at radius 2 is 2.00 bits per heavy atom. The van der Waals surface area contributed by atoms with Crippen LogP contribution in [-0.4, -0.2) is 76.2 Å². The van der Waals surface area contributed by atoms with Crippen LogP contribution in [0.1, 0.15) is 37.6 Å². The molecule has 0 bridgehead atoms. The Kier molecular flexibility index (Phi) is 7.97. The fourth-order valence-corrected chi connectivity index (χ4v) is 5.44. The lowest BCUT2D eigenvalue weighted by Crippen LogP contribution is -2.42. The van der Waals surface area contributed by atoms with Crippen LogP contribution in [0, 0.1) is 12.7 Å². The van der Waals surface area contributed by atoms with Crippen molar-refractivity contribution in [3.63, 3.8) is 0 Å². The lowest BCUT2D eigenvalue weighted by Gasteiger charge is -2.30. The first-order chi connectivity index (χ1) is 18.2. The Morgan fingerprint density at radius 3 is 2.71 bits per heavy atom. The van der Waals surface area contributed by atoms with E-state index in [0.717, 1.165) is 18.8 Å². The summed E-state index contributed by atoms with van der Waals surface area (Å²) in [7, 11) is 0. The van der Waals surface area contributed by atoms with Crippen molar-refractivity contribution in [3.05, 3.63) is 50.7 Å². The summed E-state index contributed by atoms with van der Waals surface area (Å²) in [6, 6.07) is 2.78. The number of pyridine rings is 1. The molecule has 11 heteroatoms. The zero-order chi connectivity index (χ0) is 27.0. The maximum absolute atomic E-state index is 15.7. The molecule has 204 valence electrons. The number of hydrogen-bond donors (Lipinski definition) is 2. The smallest absolute Gasteiger partial charge is 0.223 e. The Morgan fingerprint density at radius 1 is 1.24 bits per heavy atom. The predicted molar refractivity (Wildman–Crippen MR) is 144 cm³/mol. The van der Waals surface area contributed by atoms with E-state index in [4.69, 9.17) is 21.1 Å². The molecule has 3 aromatic rings. The topological polar surface area (TPSA) is 102 Å². The number of aromatic nitrogens is 3. The molecule has 2 atom stereocenters. The van der Waals surface area contributed by atoms with Gasteiger partial charge in [0.1, 0.15) is 5.82 Å². The molecule has 38 heavy (non-hydrogen) atoms. The van der Waals surface area contributed by atoms with E-state index in [1.54, 1.807) is 13.0 Å². The normalized spacial score (nSPS) is 20.8. The van der Waals surface area contributed by atoms with Crippen LogP contribution >= 0.6 is 11.6 Å². The van der Waals surface area contributed by atoms with E-state index in [0.29, 0.717) is 55.1 Å². The number of aliphatic hydroxyl groups excluding tert-OH is 1. The molecule has 2 aromatic heterocycles. The Balaban J connectivity index is 1.62. The summed E-state index contributed by atoms with van der Waals surface area (Å²) in [6.45, 7) is 9.96. The monoisotopic (exact) mass is 545 g/mol. The molecule has 4 heterocycles. The maximum Gasteiger partial charge on any atom is 0.223 e. The molecule has 0 amide bonds. The second kappa shape index (κ2) is 11.2. The molecule has 0 saturated carbocycles. The Bertz CT molecular complexity index is 1390. The van der Waals surface area contributed by atoms with Crippen LogP contribution in [0.25, 0.3) is 22.2 Å². The van der Waals surface area contributed by atoms with E-state index < -0.39 is 11.9 Å². The van der Waals surface area contributed by atoms with Gasteiger partial charge in [0, 0.05) is 49.1 Å². The molecular weight excluding hydrogens is 513 g/mol. The molecule has 0 aliphatic carbocycles. The highest BCUT2D eigenvalue weighted by molar-refractivity contribution is 6.33. The van der Waals surface area contributed by atoms with E-state index in [2.05, 4.69) is 20.2 Å². The average molecular weight is 546 g/mol. The van der Waals surface area contributed by atoms with Gasteiger partial charge in [0.2, 0.25) is 5.95 Å². The molecule has 9 nitrogen and oxygen atoms in total. The van der Waals surface area contributed by atoms with E-state index in [1.165, 1.54) is 12.3 Å². The van der Waals surface area contributed by atoms with Gasteiger partial charge < -0.3 is 24.5 Å². The number of anilines is 1. The number of aliphatic hydroxyl groups is 1. The molecule has 2 aliphatic heterocycles. The number of benzene rings is 1. The first-order valence-corrected chi connectivity index (χ1v) is 13.3. The standard InChI is InChI=1S/C27H33ClFN5O4/c1-15(2)34-21-11-17(25-18(28)12-30-27(32-25)31-20-4-7-38-14-23(20)35)10-19(29)24(21)26(36)16(3)22(34)13-33-5-8-37-9-6-33/h10-12,15,20,23,35H,4-9,13-14H2,1-3H3,(H,30,31,32)/t20-,23-/m1/s1. The minimum atomic E-state index is -0.696. The molecule has 2 N–H and O–H groups in total. The van der Waals surface area contributed by atoms with Crippen LogP contribution in [0.5, 0.6) is 0 Å². The van der Waals surface area contributed by atoms with Crippen LogP contribution in [-0.2, 0) is 16.0 Å². The zero-order valence-electron chi connectivity index (χ0n) is 21.8. The van der Waals surface area contributed by atoms with Crippen molar-refractivity contribution < 1.29 is 19.0 Å². The van der Waals surface area contributed by atoms with Crippen LogP contribution in [0.3, 0.4) is 0 Å². The van der Waals surface area contributed by atoms with Crippen molar-refractivity contribution in [2.75, 3.05) is 44.8 Å². The van der Waals surface area contributed by atoms with Gasteiger partial charge in [-0.05, 0) is 39.3 Å². The Hall–Kier alpha value is -2.63. The minimum Gasteiger partial charge on any atom is -0.389 e. The molecule has 0 spiro atoms. The van der Waals surface area contributed by atoms with Gasteiger partial charge in [-0.1, -0.05) is 11.6 Å². The second-order valence-corrected chi connectivity index (χ2v) is 10.6. The Labute approximate surface area is 225 Å². The summed E-state index contributed by atoms with van der Waals surface area (Å²) in [5.41, 5.74) is 2.37. The van der Waals surface area contributed by atoms with E-state index >= 15 is 4.39 Å². The third kappa shape index (κ3) is 5.28. The molecule has 2 aliphatic rings. The third-order valence-electron chi connectivity index (χ3n) is 7.27. The summed E-state index contributed by atoms with van der Waals surface area (Å²) in [5, 5.41) is 13.7. The van der Waals surface area contributed by atoms with Gasteiger partial charge in [0.05, 0.1) is 59.8 Å². The van der Waals surface area contributed by atoms with Crippen molar-refractivity contribution in [2.45, 2.75) is 51.9 Å². The average Bonchev–Trinajstić information content (AvgIpc) is 2.89. The highest BCUT2D eigenvalue weighted by Crippen LogP contribution is 2.32. The lowest BCUT2D eigenvalue weighted by molar-refractivity contribution is -0.0136. The van der Waals surface area contributed by atoms with Gasteiger partial charge in [-0.15, -0.1) is 0 Å². The fraction of sp³-hybridized carbons (Fsp3) is 0.519. The molecular formula is C27H33ClFN5O4. The number of nitrogens with one attached hydrogen (secondary N) is 1. The van der Waals surface area contributed by atoms with Gasteiger partial charge in [-0.25, -0.2) is 14.4 Å². The summed E-state index contributed by atoms with van der Waals surface area (Å²) >= 11 is 6.49. The number of halogens is 2. The van der Waals surface area contributed by atoms with E-state index in [1.807, 2.05) is 18.4 Å². The summed E-state index contributed by atoms with van der Waals surface area (Å²) < 4.78 is 28.5. The number of hydrogen-bond acceptors (Lipinski definition) is 8. The van der Waals surface area contributed by atoms with Gasteiger partial charge in [-0.2, -0.15) is 0 Å². The SMILES string of the molecule is Cc1c(CN2CCOCC2)n(C(C)C)c2cc(-c3nc(N[C@@H]4CCOC[C@H]4O)ncc3Cl)cc(F)c2c1=O. The molecule has 5 rings (SSSR count). The highest BCUT2D eigenvalue weighted by Gasteiger charge is 2.26. The molecule has 0 radical (unpaired) electrons. The van der Waals surface area contributed by atoms with Gasteiger partial charge in [-0.3, -0.25) is 9.69 Å². The first kappa shape index (κ1) is 27.0. The van der Waals surface area contributed by atoms with Crippen molar-refractivity contribution in [2.24, 2.45) is 0 Å². The van der Waals surface area contributed by atoms with E-state index in [9.17, 15) is 9.90 Å². The lowest BCUT2D eigenvalue weighted by atomic mass is 10.0. The van der Waals surface area contributed by atoms with Crippen molar-refractivity contribution in [1.82, 2.24) is 19.4 Å². The number of rotatable bonds is 6. The quantitative estimate of drug-likeness (QED) is 0.485. The molecule has 0 unspecified atom stereocenters. The zero-order valence-corrected chi connectivity index (χ0v) is 22.6. The predicted octanol–water partition coefficient (Wildman–Crippen LogP) is 3.53. The minimum absolute atomic E-state index is 0.0319. The van der Waals surface area contributed by atoms with Crippen LogP contribution < -0.4 is 10.7 Å². The van der Waals surface area contributed by atoms with Gasteiger partial charge in [0.25, 0.3) is 0 Å². The second-order valence-electron chi connectivity index (χ2n) is 10.2. The summed E-state index contributed by atoms with van der Waals surface area (Å²) in [4.78, 5) is 24.5. The molecule has 2 saturated heterocycles. The van der Waals surface area contributed by atoms with Crippen LogP contribution in [0.2, 0.25) is 5.02 Å².